The summed E-state index contributed by atoms with van der Waals surface area (Å²) in [6.45, 7) is 6.04. The number of halogens is 1. The van der Waals surface area contributed by atoms with Gasteiger partial charge in [-0.1, -0.05) is 61.8 Å². The van der Waals surface area contributed by atoms with Gasteiger partial charge in [-0.3, -0.25) is 4.79 Å². The number of carbonyl (C=O) groups excluding carboxylic acids is 1. The number of rotatable bonds is 7. The summed E-state index contributed by atoms with van der Waals surface area (Å²) < 4.78 is 5.70. The molecule has 0 spiro atoms. The maximum atomic E-state index is 12.5. The van der Waals surface area contributed by atoms with E-state index in [1.54, 1.807) is 31.2 Å². The first-order chi connectivity index (χ1) is 11.5. The first-order valence-corrected chi connectivity index (χ1v) is 8.61. The molecule has 0 radical (unpaired) electrons. The number of ether oxygens (including phenoxy) is 1. The standard InChI is InChI=1S/C20H24ClNO2/c1-14(2)12-19(16-8-5-4-6-9-16)22-20(23)15(3)24-18-11-7-10-17(21)13-18/h4-11,13-15,19H,12H2,1-3H3,(H,22,23)/t15-,19-/m1/s1. The molecule has 0 aliphatic rings. The molecule has 0 saturated carbocycles. The maximum Gasteiger partial charge on any atom is 0.261 e. The summed E-state index contributed by atoms with van der Waals surface area (Å²) in [5, 5.41) is 3.69. The van der Waals surface area contributed by atoms with E-state index in [4.69, 9.17) is 16.3 Å². The second kappa shape index (κ2) is 8.74. The third-order valence-corrected chi connectivity index (χ3v) is 3.94. The van der Waals surface area contributed by atoms with Gasteiger partial charge in [-0.05, 0) is 43.0 Å². The van der Waals surface area contributed by atoms with Crippen LogP contribution in [0.2, 0.25) is 5.02 Å². The number of benzene rings is 2. The number of hydrogen-bond acceptors (Lipinski definition) is 2. The minimum absolute atomic E-state index is 0.0240. The van der Waals surface area contributed by atoms with Crippen LogP contribution in [0.15, 0.2) is 54.6 Å². The Bertz CT molecular complexity index is 658. The van der Waals surface area contributed by atoms with Crippen molar-refractivity contribution in [2.75, 3.05) is 0 Å². The van der Waals surface area contributed by atoms with Crippen molar-refractivity contribution in [1.82, 2.24) is 5.32 Å². The fourth-order valence-corrected chi connectivity index (χ4v) is 2.70. The summed E-state index contributed by atoms with van der Waals surface area (Å²) in [4.78, 5) is 12.5. The van der Waals surface area contributed by atoms with Crippen LogP contribution < -0.4 is 10.1 Å². The number of nitrogens with one attached hydrogen (secondary N) is 1. The Morgan fingerprint density at radius 2 is 1.79 bits per heavy atom. The van der Waals surface area contributed by atoms with Crippen LogP contribution in [0.4, 0.5) is 0 Å². The number of carbonyl (C=O) groups is 1. The van der Waals surface area contributed by atoms with Gasteiger partial charge in [-0.25, -0.2) is 0 Å². The summed E-state index contributed by atoms with van der Waals surface area (Å²) in [6, 6.07) is 17.1. The van der Waals surface area contributed by atoms with Crippen LogP contribution in [-0.2, 0) is 4.79 Å². The molecule has 2 aromatic rings. The van der Waals surface area contributed by atoms with Crippen LogP contribution in [0, 0.1) is 5.92 Å². The lowest BCUT2D eigenvalue weighted by Gasteiger charge is -2.23. The van der Waals surface area contributed by atoms with E-state index in [-0.39, 0.29) is 11.9 Å². The zero-order valence-corrected chi connectivity index (χ0v) is 15.1. The molecule has 1 N–H and O–H groups in total. The normalized spacial score (nSPS) is 13.4. The molecule has 4 heteroatoms. The van der Waals surface area contributed by atoms with E-state index >= 15 is 0 Å². The fraction of sp³-hybridized carbons (Fsp3) is 0.350. The van der Waals surface area contributed by atoms with E-state index in [0.717, 1.165) is 12.0 Å². The molecule has 0 fully saturated rings. The van der Waals surface area contributed by atoms with Gasteiger partial charge in [-0.2, -0.15) is 0 Å². The quantitative estimate of drug-likeness (QED) is 0.765. The van der Waals surface area contributed by atoms with Gasteiger partial charge < -0.3 is 10.1 Å². The molecule has 0 aliphatic carbocycles. The molecule has 128 valence electrons. The third-order valence-electron chi connectivity index (χ3n) is 3.70. The smallest absolute Gasteiger partial charge is 0.261 e. The zero-order chi connectivity index (χ0) is 17.5. The molecule has 0 bridgehead atoms. The second-order valence-electron chi connectivity index (χ2n) is 6.32. The Kier molecular flexibility index (Phi) is 6.68. The van der Waals surface area contributed by atoms with Crippen molar-refractivity contribution in [3.05, 3.63) is 65.2 Å². The van der Waals surface area contributed by atoms with Gasteiger partial charge >= 0.3 is 0 Å². The second-order valence-corrected chi connectivity index (χ2v) is 6.76. The van der Waals surface area contributed by atoms with Crippen molar-refractivity contribution in [2.45, 2.75) is 39.3 Å². The summed E-state index contributed by atoms with van der Waals surface area (Å²) in [6.07, 6.45) is 0.279. The molecule has 0 unspecified atom stereocenters. The monoisotopic (exact) mass is 345 g/mol. The average molecular weight is 346 g/mol. The van der Waals surface area contributed by atoms with Gasteiger partial charge in [0.2, 0.25) is 0 Å². The molecule has 2 aromatic carbocycles. The van der Waals surface area contributed by atoms with Crippen molar-refractivity contribution in [1.29, 1.82) is 0 Å². The third kappa shape index (κ3) is 5.57. The maximum absolute atomic E-state index is 12.5. The Morgan fingerprint density at radius 3 is 2.42 bits per heavy atom. The largest absolute Gasteiger partial charge is 0.481 e. The lowest BCUT2D eigenvalue weighted by atomic mass is 9.97. The van der Waals surface area contributed by atoms with Crippen LogP contribution in [-0.4, -0.2) is 12.0 Å². The van der Waals surface area contributed by atoms with E-state index in [9.17, 15) is 4.79 Å². The van der Waals surface area contributed by atoms with Crippen molar-refractivity contribution in [3.63, 3.8) is 0 Å². The highest BCUT2D eigenvalue weighted by atomic mass is 35.5. The molecule has 0 aromatic heterocycles. The van der Waals surface area contributed by atoms with Gasteiger partial charge in [0.15, 0.2) is 6.10 Å². The Balaban J connectivity index is 2.03. The lowest BCUT2D eigenvalue weighted by molar-refractivity contribution is -0.128. The van der Waals surface area contributed by atoms with Crippen LogP contribution in [0.3, 0.4) is 0 Å². The van der Waals surface area contributed by atoms with Crippen molar-refractivity contribution in [2.24, 2.45) is 5.92 Å². The Hall–Kier alpha value is -2.00. The van der Waals surface area contributed by atoms with E-state index in [1.807, 2.05) is 30.3 Å². The topological polar surface area (TPSA) is 38.3 Å². The first-order valence-electron chi connectivity index (χ1n) is 8.23. The van der Waals surface area contributed by atoms with Crippen molar-refractivity contribution in [3.8, 4) is 5.75 Å². The van der Waals surface area contributed by atoms with Crippen LogP contribution in [0.5, 0.6) is 5.75 Å². The van der Waals surface area contributed by atoms with Crippen LogP contribution >= 0.6 is 11.6 Å². The summed E-state index contributed by atoms with van der Waals surface area (Å²) in [7, 11) is 0. The Morgan fingerprint density at radius 1 is 1.08 bits per heavy atom. The number of hydrogen-bond donors (Lipinski definition) is 1. The summed E-state index contributed by atoms with van der Waals surface area (Å²) in [5.41, 5.74) is 1.11. The molecule has 0 aliphatic heterocycles. The van der Waals surface area contributed by atoms with Gasteiger partial charge in [0.1, 0.15) is 5.75 Å². The lowest BCUT2D eigenvalue weighted by Crippen LogP contribution is -2.39. The molecule has 3 nitrogen and oxygen atoms in total. The molecular weight excluding hydrogens is 322 g/mol. The molecular formula is C20H24ClNO2. The van der Waals surface area contributed by atoms with Crippen molar-refractivity contribution < 1.29 is 9.53 Å². The highest BCUT2D eigenvalue weighted by Crippen LogP contribution is 2.22. The van der Waals surface area contributed by atoms with Crippen LogP contribution in [0.1, 0.15) is 38.8 Å². The summed E-state index contributed by atoms with van der Waals surface area (Å²) in [5.74, 6) is 0.925. The van der Waals surface area contributed by atoms with Crippen LogP contribution in [0.25, 0.3) is 0 Å². The molecule has 0 saturated heterocycles. The first kappa shape index (κ1) is 18.3. The predicted octanol–water partition coefficient (Wildman–Crippen LogP) is 5.01. The van der Waals surface area contributed by atoms with E-state index in [0.29, 0.717) is 16.7 Å². The Labute approximate surface area is 149 Å². The summed E-state index contributed by atoms with van der Waals surface area (Å²) >= 11 is 5.95. The van der Waals surface area contributed by atoms with Gasteiger partial charge in [0.25, 0.3) is 5.91 Å². The minimum Gasteiger partial charge on any atom is -0.481 e. The molecule has 2 rings (SSSR count). The molecule has 24 heavy (non-hydrogen) atoms. The minimum atomic E-state index is -0.596. The van der Waals surface area contributed by atoms with Gasteiger partial charge in [0.05, 0.1) is 6.04 Å². The predicted molar refractivity (Wildman–Crippen MR) is 98.3 cm³/mol. The number of amides is 1. The average Bonchev–Trinajstić information content (AvgIpc) is 2.54. The highest BCUT2D eigenvalue weighted by Gasteiger charge is 2.21. The fourth-order valence-electron chi connectivity index (χ4n) is 2.52. The van der Waals surface area contributed by atoms with Gasteiger partial charge in [0, 0.05) is 5.02 Å². The molecule has 1 amide bonds. The van der Waals surface area contributed by atoms with Gasteiger partial charge in [-0.15, -0.1) is 0 Å². The van der Waals surface area contributed by atoms with E-state index < -0.39 is 6.10 Å². The SMILES string of the molecule is CC(C)C[C@@H](NC(=O)[C@@H](C)Oc1cccc(Cl)c1)c1ccccc1. The highest BCUT2D eigenvalue weighted by molar-refractivity contribution is 6.30. The van der Waals surface area contributed by atoms with E-state index in [2.05, 4.69) is 19.2 Å². The van der Waals surface area contributed by atoms with E-state index in [1.165, 1.54) is 0 Å². The molecule has 0 heterocycles. The van der Waals surface area contributed by atoms with Crippen molar-refractivity contribution >= 4 is 17.5 Å². The zero-order valence-electron chi connectivity index (χ0n) is 14.3. The molecule has 2 atom stereocenters.